The molecule has 1 atom stereocenters. The molecule has 1 aliphatic heterocycles. The molecule has 2 aromatic carbocycles. The maximum atomic E-state index is 12.7. The predicted octanol–water partition coefficient (Wildman–Crippen LogP) is 2.38. The molecule has 0 aliphatic carbocycles. The summed E-state index contributed by atoms with van der Waals surface area (Å²) in [5.74, 6) is -0.579. The number of piperazine rings is 1. The van der Waals surface area contributed by atoms with E-state index in [0.717, 1.165) is 30.5 Å². The number of para-hydroxylation sites is 1. The molecule has 1 aromatic heterocycles. The third-order valence-corrected chi connectivity index (χ3v) is 5.45. The Morgan fingerprint density at radius 2 is 1.73 bits per heavy atom. The lowest BCUT2D eigenvalue weighted by atomic mass is 10.1. The zero-order valence-electron chi connectivity index (χ0n) is 17.1. The molecule has 0 radical (unpaired) electrons. The fraction of sp³-hybridized carbons (Fsp3) is 0.348. The largest absolute Gasteiger partial charge is 0.452 e. The standard InChI is InChI=1S/C23H26N4O3/c1-17(30-22(28)15-21-19-9-5-6-10-20(19)24-25-21)23(29)27-13-11-26(12-14-27)16-18-7-3-2-4-8-18/h2-10,17H,11-16H2,1H3,(H,24,25)/t17-/m1/s1. The monoisotopic (exact) mass is 406 g/mol. The molecule has 4 rings (SSSR count). The summed E-state index contributed by atoms with van der Waals surface area (Å²) >= 11 is 0. The molecular weight excluding hydrogens is 380 g/mol. The second kappa shape index (κ2) is 9.09. The topological polar surface area (TPSA) is 78.5 Å². The molecule has 156 valence electrons. The Morgan fingerprint density at radius 3 is 2.50 bits per heavy atom. The molecule has 1 fully saturated rings. The number of hydrogen-bond acceptors (Lipinski definition) is 5. The second-order valence-electron chi connectivity index (χ2n) is 7.62. The molecule has 3 aromatic rings. The Bertz CT molecular complexity index is 1010. The average molecular weight is 406 g/mol. The Morgan fingerprint density at radius 1 is 1.03 bits per heavy atom. The summed E-state index contributed by atoms with van der Waals surface area (Å²) in [6.07, 6.45) is -0.740. The third-order valence-electron chi connectivity index (χ3n) is 5.45. The van der Waals surface area contributed by atoms with Crippen molar-refractivity contribution in [2.75, 3.05) is 26.2 Å². The molecule has 1 amide bonds. The van der Waals surface area contributed by atoms with Gasteiger partial charge in [-0.25, -0.2) is 0 Å². The van der Waals surface area contributed by atoms with E-state index in [-0.39, 0.29) is 12.3 Å². The SMILES string of the molecule is C[C@@H](OC(=O)Cc1[nH]nc2ccccc12)C(=O)N1CCN(Cc2ccccc2)CC1. The molecule has 0 bridgehead atoms. The van der Waals surface area contributed by atoms with E-state index in [4.69, 9.17) is 4.74 Å². The highest BCUT2D eigenvalue weighted by molar-refractivity contribution is 5.87. The first kappa shape index (κ1) is 20.1. The van der Waals surface area contributed by atoms with E-state index in [9.17, 15) is 9.59 Å². The summed E-state index contributed by atoms with van der Waals surface area (Å²) in [7, 11) is 0. The normalized spacial score (nSPS) is 15.8. The van der Waals surface area contributed by atoms with Crippen molar-refractivity contribution in [2.24, 2.45) is 0 Å². The molecule has 7 nitrogen and oxygen atoms in total. The molecule has 1 saturated heterocycles. The van der Waals surface area contributed by atoms with Gasteiger partial charge in [0.2, 0.25) is 0 Å². The summed E-state index contributed by atoms with van der Waals surface area (Å²) in [5, 5.41) is 7.96. The fourth-order valence-corrected chi connectivity index (χ4v) is 3.81. The number of nitrogens with zero attached hydrogens (tertiary/aromatic N) is 3. The molecule has 0 saturated carbocycles. The number of carbonyl (C=O) groups is 2. The van der Waals surface area contributed by atoms with Crippen LogP contribution in [-0.4, -0.2) is 64.2 Å². The lowest BCUT2D eigenvalue weighted by Gasteiger charge is -2.35. The van der Waals surface area contributed by atoms with E-state index >= 15 is 0 Å². The van der Waals surface area contributed by atoms with E-state index in [1.807, 2.05) is 42.5 Å². The van der Waals surface area contributed by atoms with Crippen molar-refractivity contribution in [3.05, 3.63) is 65.9 Å². The minimum atomic E-state index is -0.799. The van der Waals surface area contributed by atoms with Gasteiger partial charge in [0.05, 0.1) is 17.6 Å². The number of nitrogens with one attached hydrogen (secondary N) is 1. The molecular formula is C23H26N4O3. The summed E-state index contributed by atoms with van der Waals surface area (Å²) in [4.78, 5) is 29.2. The van der Waals surface area contributed by atoms with E-state index in [1.165, 1.54) is 5.56 Å². The van der Waals surface area contributed by atoms with Gasteiger partial charge in [-0.05, 0) is 18.6 Å². The number of hydrogen-bond donors (Lipinski definition) is 1. The lowest BCUT2D eigenvalue weighted by Crippen LogP contribution is -2.51. The van der Waals surface area contributed by atoms with Gasteiger partial charge >= 0.3 is 5.97 Å². The molecule has 7 heteroatoms. The predicted molar refractivity (Wildman–Crippen MR) is 114 cm³/mol. The highest BCUT2D eigenvalue weighted by atomic mass is 16.5. The first-order valence-electron chi connectivity index (χ1n) is 10.3. The van der Waals surface area contributed by atoms with Crippen molar-refractivity contribution < 1.29 is 14.3 Å². The Hall–Kier alpha value is -3.19. The quantitative estimate of drug-likeness (QED) is 0.636. The van der Waals surface area contributed by atoms with Crippen LogP contribution >= 0.6 is 0 Å². The number of rotatable bonds is 6. The maximum absolute atomic E-state index is 12.7. The fourth-order valence-electron chi connectivity index (χ4n) is 3.81. The van der Waals surface area contributed by atoms with Crippen LogP contribution in [0, 0.1) is 0 Å². The summed E-state index contributed by atoms with van der Waals surface area (Å²) < 4.78 is 5.42. The lowest BCUT2D eigenvalue weighted by molar-refractivity contribution is -0.159. The van der Waals surface area contributed by atoms with Crippen LogP contribution in [0.5, 0.6) is 0 Å². The van der Waals surface area contributed by atoms with Crippen LogP contribution in [0.25, 0.3) is 10.9 Å². The van der Waals surface area contributed by atoms with Gasteiger partial charge in [-0.3, -0.25) is 19.6 Å². The summed E-state index contributed by atoms with van der Waals surface area (Å²) in [6, 6.07) is 17.9. The average Bonchev–Trinajstić information content (AvgIpc) is 3.17. The zero-order valence-corrected chi connectivity index (χ0v) is 17.1. The first-order chi connectivity index (χ1) is 14.6. The number of benzene rings is 2. The van der Waals surface area contributed by atoms with Crippen molar-refractivity contribution in [2.45, 2.75) is 26.0 Å². The molecule has 2 heterocycles. The Labute approximate surface area is 175 Å². The van der Waals surface area contributed by atoms with Crippen LogP contribution in [0.4, 0.5) is 0 Å². The third kappa shape index (κ3) is 4.68. The number of ether oxygens (including phenoxy) is 1. The van der Waals surface area contributed by atoms with Crippen LogP contribution in [-0.2, 0) is 27.3 Å². The number of aromatic nitrogens is 2. The summed E-state index contributed by atoms with van der Waals surface area (Å²) in [6.45, 7) is 5.41. The highest BCUT2D eigenvalue weighted by Crippen LogP contribution is 2.16. The van der Waals surface area contributed by atoms with Crippen molar-refractivity contribution in [1.29, 1.82) is 0 Å². The van der Waals surface area contributed by atoms with Crippen molar-refractivity contribution in [3.63, 3.8) is 0 Å². The number of carbonyl (C=O) groups excluding carboxylic acids is 2. The molecule has 0 unspecified atom stereocenters. The number of aromatic amines is 1. The van der Waals surface area contributed by atoms with E-state index < -0.39 is 12.1 Å². The molecule has 1 aliphatic rings. The van der Waals surface area contributed by atoms with Gasteiger partial charge in [-0.2, -0.15) is 5.10 Å². The number of esters is 1. The number of amides is 1. The minimum Gasteiger partial charge on any atom is -0.452 e. The number of fused-ring (bicyclic) bond motifs is 1. The molecule has 30 heavy (non-hydrogen) atoms. The smallest absolute Gasteiger partial charge is 0.312 e. The van der Waals surface area contributed by atoms with Crippen molar-refractivity contribution in [1.82, 2.24) is 20.0 Å². The van der Waals surface area contributed by atoms with Crippen LogP contribution in [0.1, 0.15) is 18.2 Å². The van der Waals surface area contributed by atoms with Gasteiger partial charge < -0.3 is 9.64 Å². The van der Waals surface area contributed by atoms with Crippen LogP contribution in [0.2, 0.25) is 0 Å². The van der Waals surface area contributed by atoms with E-state index in [0.29, 0.717) is 18.8 Å². The Balaban J connectivity index is 1.26. The van der Waals surface area contributed by atoms with E-state index in [2.05, 4.69) is 27.2 Å². The minimum absolute atomic E-state index is 0.0585. The van der Waals surface area contributed by atoms with Crippen LogP contribution in [0.3, 0.4) is 0 Å². The first-order valence-corrected chi connectivity index (χ1v) is 10.3. The number of H-pyrrole nitrogens is 1. The molecule has 1 N–H and O–H groups in total. The van der Waals surface area contributed by atoms with E-state index in [1.54, 1.807) is 11.8 Å². The second-order valence-corrected chi connectivity index (χ2v) is 7.62. The summed E-state index contributed by atoms with van der Waals surface area (Å²) in [5.41, 5.74) is 2.77. The zero-order chi connectivity index (χ0) is 20.9. The van der Waals surface area contributed by atoms with Gasteiger partial charge in [0, 0.05) is 38.1 Å². The Kier molecular flexibility index (Phi) is 6.09. The highest BCUT2D eigenvalue weighted by Gasteiger charge is 2.27. The van der Waals surface area contributed by atoms with Crippen LogP contribution in [0.15, 0.2) is 54.6 Å². The van der Waals surface area contributed by atoms with Gasteiger partial charge in [-0.15, -0.1) is 0 Å². The van der Waals surface area contributed by atoms with Crippen molar-refractivity contribution >= 4 is 22.8 Å². The maximum Gasteiger partial charge on any atom is 0.312 e. The van der Waals surface area contributed by atoms with Gasteiger partial charge in [0.15, 0.2) is 6.10 Å². The molecule has 0 spiro atoms. The van der Waals surface area contributed by atoms with Crippen molar-refractivity contribution in [3.8, 4) is 0 Å². The van der Waals surface area contributed by atoms with Crippen LogP contribution < -0.4 is 0 Å². The van der Waals surface area contributed by atoms with Gasteiger partial charge in [0.25, 0.3) is 5.91 Å². The van der Waals surface area contributed by atoms with Gasteiger partial charge in [-0.1, -0.05) is 48.5 Å². The van der Waals surface area contributed by atoms with Gasteiger partial charge in [0.1, 0.15) is 0 Å².